The van der Waals surface area contributed by atoms with Gasteiger partial charge in [0.2, 0.25) is 0 Å². The highest BCUT2D eigenvalue weighted by Crippen LogP contribution is 2.50. The predicted molar refractivity (Wildman–Crippen MR) is 96.8 cm³/mol. The van der Waals surface area contributed by atoms with E-state index in [1.165, 1.54) is 23.8 Å². The molecule has 0 amide bonds. The number of methoxy groups -OCH3 is 1. The van der Waals surface area contributed by atoms with Crippen molar-refractivity contribution in [3.63, 3.8) is 0 Å². The Labute approximate surface area is 148 Å². The van der Waals surface area contributed by atoms with Crippen LogP contribution in [0, 0.1) is 5.92 Å². The van der Waals surface area contributed by atoms with Crippen molar-refractivity contribution in [2.24, 2.45) is 5.92 Å². The van der Waals surface area contributed by atoms with Gasteiger partial charge in [-0.15, -0.1) is 0 Å². The lowest BCUT2D eigenvalue weighted by Gasteiger charge is -2.36. The van der Waals surface area contributed by atoms with Crippen LogP contribution in [-0.4, -0.2) is 19.7 Å². The molecule has 1 N–H and O–H groups in total. The molecule has 0 radical (unpaired) electrons. The molecule has 3 unspecified atom stereocenters. The van der Waals surface area contributed by atoms with Gasteiger partial charge in [-0.1, -0.05) is 31.2 Å². The number of carbonyl (C=O) groups is 1. The molecule has 4 nitrogen and oxygen atoms in total. The van der Waals surface area contributed by atoms with Crippen LogP contribution in [0.4, 0.5) is 5.69 Å². The maximum absolute atomic E-state index is 11.6. The molecule has 0 spiro atoms. The van der Waals surface area contributed by atoms with E-state index in [0.29, 0.717) is 11.5 Å². The molecule has 3 atom stereocenters. The third kappa shape index (κ3) is 2.81. The summed E-state index contributed by atoms with van der Waals surface area (Å²) in [7, 11) is 1.40. The zero-order chi connectivity index (χ0) is 17.4. The summed E-state index contributed by atoms with van der Waals surface area (Å²) in [6.07, 6.45) is 2.22. The van der Waals surface area contributed by atoms with Crippen molar-refractivity contribution in [2.45, 2.75) is 31.9 Å². The Hall–Kier alpha value is -2.33. The smallest absolute Gasteiger partial charge is 0.337 e. The van der Waals surface area contributed by atoms with E-state index in [1.54, 1.807) is 0 Å². The molecule has 4 rings (SSSR count). The molecule has 1 saturated heterocycles. The lowest BCUT2D eigenvalue weighted by molar-refractivity contribution is 0.0600. The Morgan fingerprint density at radius 2 is 2.04 bits per heavy atom. The average Bonchev–Trinajstić information content (AvgIpc) is 3.16. The van der Waals surface area contributed by atoms with Gasteiger partial charge >= 0.3 is 5.97 Å². The summed E-state index contributed by atoms with van der Waals surface area (Å²) < 4.78 is 10.9. The molecule has 0 aliphatic carbocycles. The van der Waals surface area contributed by atoms with E-state index in [2.05, 4.69) is 30.4 Å². The van der Waals surface area contributed by atoms with E-state index in [0.717, 1.165) is 25.1 Å². The van der Waals surface area contributed by atoms with E-state index < -0.39 is 0 Å². The fourth-order valence-corrected chi connectivity index (χ4v) is 4.02. The maximum atomic E-state index is 11.6. The quantitative estimate of drug-likeness (QED) is 0.849. The second-order valence-electron chi connectivity index (χ2n) is 6.75. The summed E-state index contributed by atoms with van der Waals surface area (Å²) in [5.74, 6) is 0.103. The largest absolute Gasteiger partial charge is 0.465 e. The Kier molecular flexibility index (Phi) is 4.22. The fourth-order valence-electron chi connectivity index (χ4n) is 4.02. The minimum absolute atomic E-state index is 0.146. The van der Waals surface area contributed by atoms with Gasteiger partial charge in [0.15, 0.2) is 0 Å². The minimum Gasteiger partial charge on any atom is -0.465 e. The Bertz CT molecular complexity index is 784. The van der Waals surface area contributed by atoms with Gasteiger partial charge in [0.1, 0.15) is 0 Å². The predicted octanol–water partition coefficient (Wildman–Crippen LogP) is 4.28. The van der Waals surface area contributed by atoms with Crippen LogP contribution in [0.2, 0.25) is 0 Å². The van der Waals surface area contributed by atoms with Gasteiger partial charge in [-0.05, 0) is 42.2 Å². The summed E-state index contributed by atoms with van der Waals surface area (Å²) in [5, 5.41) is 3.70. The third-order valence-corrected chi connectivity index (χ3v) is 5.40. The first-order chi connectivity index (χ1) is 12.2. The Morgan fingerprint density at radius 1 is 1.24 bits per heavy atom. The molecular formula is C21H23NO3. The first-order valence-corrected chi connectivity index (χ1v) is 8.90. The van der Waals surface area contributed by atoms with Crippen LogP contribution in [0.1, 0.15) is 52.5 Å². The van der Waals surface area contributed by atoms with Crippen molar-refractivity contribution < 1.29 is 14.3 Å². The first kappa shape index (κ1) is 16.2. The van der Waals surface area contributed by atoms with Gasteiger partial charge < -0.3 is 14.8 Å². The highest BCUT2D eigenvalue weighted by atomic mass is 16.5. The molecule has 1 fully saturated rings. The van der Waals surface area contributed by atoms with Crippen LogP contribution in [0.15, 0.2) is 42.5 Å². The van der Waals surface area contributed by atoms with Crippen molar-refractivity contribution in [3.8, 4) is 0 Å². The first-order valence-electron chi connectivity index (χ1n) is 8.90. The lowest BCUT2D eigenvalue weighted by Crippen LogP contribution is -2.29. The molecule has 2 aliphatic heterocycles. The Balaban J connectivity index is 1.67. The number of benzene rings is 2. The normalized spacial score (nSPS) is 24.2. The zero-order valence-corrected chi connectivity index (χ0v) is 14.6. The van der Waals surface area contributed by atoms with Crippen molar-refractivity contribution in [1.29, 1.82) is 0 Å². The van der Waals surface area contributed by atoms with Crippen LogP contribution >= 0.6 is 0 Å². The van der Waals surface area contributed by atoms with Gasteiger partial charge in [-0.3, -0.25) is 0 Å². The van der Waals surface area contributed by atoms with Crippen molar-refractivity contribution >= 4 is 11.7 Å². The number of rotatable bonds is 3. The van der Waals surface area contributed by atoms with E-state index in [-0.39, 0.29) is 18.1 Å². The number of aryl methyl sites for hydroxylation is 1. The molecule has 2 heterocycles. The average molecular weight is 337 g/mol. The maximum Gasteiger partial charge on any atom is 0.337 e. The summed E-state index contributed by atoms with van der Waals surface area (Å²) in [6.45, 7) is 2.97. The van der Waals surface area contributed by atoms with Gasteiger partial charge in [-0.25, -0.2) is 4.79 Å². The number of hydrogen-bond donors (Lipinski definition) is 1. The van der Waals surface area contributed by atoms with Crippen LogP contribution in [-0.2, 0) is 15.9 Å². The molecule has 0 saturated carbocycles. The summed E-state index contributed by atoms with van der Waals surface area (Å²) in [5.41, 5.74) is 5.54. The SMILES string of the molecule is CCc1ccc2c(c1)C1OCCC1C(c1ccc(C(=O)OC)cc1)N2. The summed E-state index contributed by atoms with van der Waals surface area (Å²) in [4.78, 5) is 11.6. The number of carbonyl (C=O) groups excluding carboxylic acids is 1. The number of fused-ring (bicyclic) bond motifs is 3. The van der Waals surface area contributed by atoms with Crippen molar-refractivity contribution in [1.82, 2.24) is 0 Å². The number of ether oxygens (including phenoxy) is 2. The number of nitrogens with one attached hydrogen (secondary N) is 1. The van der Waals surface area contributed by atoms with Crippen molar-refractivity contribution in [3.05, 3.63) is 64.7 Å². The molecule has 4 heteroatoms. The van der Waals surface area contributed by atoms with Crippen LogP contribution in [0.25, 0.3) is 0 Å². The summed E-state index contributed by atoms with van der Waals surface area (Å²) >= 11 is 0. The van der Waals surface area contributed by atoms with Gasteiger partial charge in [0, 0.05) is 23.8 Å². The fraction of sp³-hybridized carbons (Fsp3) is 0.381. The molecule has 2 aromatic rings. The van der Waals surface area contributed by atoms with Crippen molar-refractivity contribution in [2.75, 3.05) is 19.0 Å². The molecule has 2 aliphatic rings. The topological polar surface area (TPSA) is 47.6 Å². The van der Waals surface area contributed by atoms with Crippen LogP contribution in [0.5, 0.6) is 0 Å². The molecule has 130 valence electrons. The second kappa shape index (κ2) is 6.52. The molecule has 25 heavy (non-hydrogen) atoms. The van der Waals surface area contributed by atoms with Crippen LogP contribution in [0.3, 0.4) is 0 Å². The van der Waals surface area contributed by atoms with E-state index in [1.807, 2.05) is 24.3 Å². The second-order valence-corrected chi connectivity index (χ2v) is 6.75. The van der Waals surface area contributed by atoms with Gasteiger partial charge in [-0.2, -0.15) is 0 Å². The highest BCUT2D eigenvalue weighted by Gasteiger charge is 2.41. The monoisotopic (exact) mass is 337 g/mol. The van der Waals surface area contributed by atoms with E-state index in [4.69, 9.17) is 9.47 Å². The standard InChI is InChI=1S/C21H23NO3/c1-3-13-4-9-18-17(12-13)20-16(10-11-25-20)19(22-18)14-5-7-15(8-6-14)21(23)24-2/h4-9,12,16,19-20,22H,3,10-11H2,1-2H3. The highest BCUT2D eigenvalue weighted by molar-refractivity contribution is 5.89. The van der Waals surface area contributed by atoms with Gasteiger partial charge in [0.25, 0.3) is 0 Å². The molecule has 0 bridgehead atoms. The zero-order valence-electron chi connectivity index (χ0n) is 14.6. The summed E-state index contributed by atoms with van der Waals surface area (Å²) in [6, 6.07) is 14.5. The molecule has 0 aromatic heterocycles. The number of esters is 1. The minimum atomic E-state index is -0.303. The van der Waals surface area contributed by atoms with E-state index in [9.17, 15) is 4.79 Å². The lowest BCUT2D eigenvalue weighted by atomic mass is 9.80. The number of anilines is 1. The molecular weight excluding hydrogens is 314 g/mol. The van der Waals surface area contributed by atoms with Crippen LogP contribution < -0.4 is 5.32 Å². The number of hydrogen-bond acceptors (Lipinski definition) is 4. The third-order valence-electron chi connectivity index (χ3n) is 5.40. The molecule has 2 aromatic carbocycles. The van der Waals surface area contributed by atoms with Gasteiger partial charge in [0.05, 0.1) is 24.8 Å². The van der Waals surface area contributed by atoms with E-state index >= 15 is 0 Å². The Morgan fingerprint density at radius 3 is 2.76 bits per heavy atom.